The average molecular weight is 361 g/mol. The first-order valence-electron chi connectivity index (χ1n) is 5.93. The molecule has 0 aromatic heterocycles. The second-order valence-electron chi connectivity index (χ2n) is 4.43. The van der Waals surface area contributed by atoms with Crippen molar-refractivity contribution in [1.29, 1.82) is 0 Å². The van der Waals surface area contributed by atoms with E-state index in [1.165, 1.54) is 19.3 Å². The first-order chi connectivity index (χ1) is 8.16. The fourth-order valence-electron chi connectivity index (χ4n) is 2.18. The number of hydrogen-bond acceptors (Lipinski definition) is 1. The van der Waals surface area contributed by atoms with Gasteiger partial charge in [-0.15, -0.1) is 0 Å². The molecule has 0 radical (unpaired) electrons. The number of rotatable bonds is 2. The Morgan fingerprint density at radius 3 is 2.59 bits per heavy atom. The third kappa shape index (κ3) is 3.55. The predicted molar refractivity (Wildman–Crippen MR) is 76.2 cm³/mol. The molecule has 1 aromatic carbocycles. The molecule has 1 N–H and O–H groups in total. The lowest BCUT2D eigenvalue weighted by molar-refractivity contribution is 0.0927. The molecule has 0 bridgehead atoms. The summed E-state index contributed by atoms with van der Waals surface area (Å²) < 4.78 is 1.77. The third-order valence-corrected chi connectivity index (χ3v) is 4.30. The smallest absolute Gasteiger partial charge is 0.252 e. The molecule has 1 saturated carbocycles. The third-order valence-electron chi connectivity index (χ3n) is 3.11. The van der Waals surface area contributed by atoms with E-state index >= 15 is 0 Å². The number of amides is 1. The molecule has 0 spiro atoms. The number of halogens is 2. The number of carbonyl (C=O) groups is 1. The molecule has 1 aliphatic carbocycles. The Labute approximate surface area is 118 Å². The zero-order valence-corrected chi connectivity index (χ0v) is 12.7. The lowest BCUT2D eigenvalue weighted by atomic mass is 9.95. The number of hydrogen-bond donors (Lipinski definition) is 1. The lowest BCUT2D eigenvalue weighted by Crippen LogP contribution is -2.36. The zero-order chi connectivity index (χ0) is 12.3. The molecule has 1 aromatic rings. The van der Waals surface area contributed by atoms with Crippen molar-refractivity contribution < 1.29 is 4.79 Å². The Bertz CT molecular complexity index is 414. The maximum absolute atomic E-state index is 12.1. The van der Waals surface area contributed by atoms with E-state index in [1.807, 2.05) is 18.2 Å². The van der Waals surface area contributed by atoms with E-state index in [1.54, 1.807) is 0 Å². The highest BCUT2D eigenvalue weighted by atomic mass is 79.9. The molecule has 0 saturated heterocycles. The Morgan fingerprint density at radius 2 is 1.88 bits per heavy atom. The average Bonchev–Trinajstić information content (AvgIpc) is 2.33. The van der Waals surface area contributed by atoms with E-state index in [4.69, 9.17) is 0 Å². The van der Waals surface area contributed by atoms with Gasteiger partial charge in [0, 0.05) is 15.0 Å². The van der Waals surface area contributed by atoms with Crippen LogP contribution in [0.2, 0.25) is 0 Å². The number of benzene rings is 1. The largest absolute Gasteiger partial charge is 0.349 e. The molecule has 0 unspecified atom stereocenters. The molecule has 92 valence electrons. The van der Waals surface area contributed by atoms with Gasteiger partial charge in [-0.25, -0.2) is 0 Å². The summed E-state index contributed by atoms with van der Waals surface area (Å²) in [6.07, 6.45) is 5.97. The van der Waals surface area contributed by atoms with Crippen LogP contribution >= 0.6 is 31.9 Å². The van der Waals surface area contributed by atoms with Crippen LogP contribution in [0.3, 0.4) is 0 Å². The summed E-state index contributed by atoms with van der Waals surface area (Å²) in [7, 11) is 0. The molecule has 1 aliphatic rings. The van der Waals surface area contributed by atoms with Gasteiger partial charge in [-0.3, -0.25) is 4.79 Å². The van der Waals surface area contributed by atoms with Gasteiger partial charge in [0.2, 0.25) is 0 Å². The quantitative estimate of drug-likeness (QED) is 0.838. The van der Waals surface area contributed by atoms with Crippen LogP contribution in [0, 0.1) is 0 Å². The molecule has 0 heterocycles. The molecule has 2 rings (SSSR count). The molecule has 17 heavy (non-hydrogen) atoms. The SMILES string of the molecule is O=C(NC1CCCCC1)c1cc(Br)ccc1Br. The van der Waals surface area contributed by atoms with Crippen LogP contribution in [-0.2, 0) is 0 Å². The van der Waals surface area contributed by atoms with Crippen LogP contribution in [0.5, 0.6) is 0 Å². The molecule has 2 nitrogen and oxygen atoms in total. The highest BCUT2D eigenvalue weighted by Crippen LogP contribution is 2.23. The van der Waals surface area contributed by atoms with Gasteiger partial charge in [0.25, 0.3) is 5.91 Å². The number of carbonyl (C=O) groups excluding carboxylic acids is 1. The zero-order valence-electron chi connectivity index (χ0n) is 9.51. The van der Waals surface area contributed by atoms with E-state index < -0.39 is 0 Å². The molecule has 0 aliphatic heterocycles. The fourth-order valence-corrected chi connectivity index (χ4v) is 2.97. The minimum Gasteiger partial charge on any atom is -0.349 e. The van der Waals surface area contributed by atoms with E-state index in [9.17, 15) is 4.79 Å². The van der Waals surface area contributed by atoms with Crippen molar-refractivity contribution in [2.24, 2.45) is 0 Å². The Kier molecular flexibility index (Phi) is 4.62. The molecule has 4 heteroatoms. The normalized spacial score (nSPS) is 16.8. The maximum Gasteiger partial charge on any atom is 0.252 e. The molecule has 1 amide bonds. The Morgan fingerprint density at radius 1 is 1.18 bits per heavy atom. The summed E-state index contributed by atoms with van der Waals surface area (Å²) in [5.74, 6) is 0.0186. The van der Waals surface area contributed by atoms with Gasteiger partial charge in [-0.05, 0) is 47.0 Å². The summed E-state index contributed by atoms with van der Waals surface area (Å²) >= 11 is 6.80. The second-order valence-corrected chi connectivity index (χ2v) is 6.20. The Hall–Kier alpha value is -0.350. The fraction of sp³-hybridized carbons (Fsp3) is 0.462. The van der Waals surface area contributed by atoms with Crippen LogP contribution in [0.4, 0.5) is 0 Å². The van der Waals surface area contributed by atoms with Crippen molar-refractivity contribution in [2.45, 2.75) is 38.1 Å². The number of nitrogens with one attached hydrogen (secondary N) is 1. The highest BCUT2D eigenvalue weighted by molar-refractivity contribution is 9.11. The van der Waals surface area contributed by atoms with Crippen LogP contribution in [0.15, 0.2) is 27.1 Å². The van der Waals surface area contributed by atoms with E-state index in [0.29, 0.717) is 11.6 Å². The van der Waals surface area contributed by atoms with Crippen molar-refractivity contribution in [3.63, 3.8) is 0 Å². The monoisotopic (exact) mass is 359 g/mol. The van der Waals surface area contributed by atoms with Crippen molar-refractivity contribution in [3.05, 3.63) is 32.7 Å². The second kappa shape index (κ2) is 6.01. The first kappa shape index (κ1) is 13.1. The summed E-state index contributed by atoms with van der Waals surface area (Å²) in [5.41, 5.74) is 0.699. The van der Waals surface area contributed by atoms with Gasteiger partial charge in [0.15, 0.2) is 0 Å². The summed E-state index contributed by atoms with van der Waals surface area (Å²) in [5, 5.41) is 3.11. The summed E-state index contributed by atoms with van der Waals surface area (Å²) in [6, 6.07) is 6.01. The maximum atomic E-state index is 12.1. The van der Waals surface area contributed by atoms with Gasteiger partial charge in [0.05, 0.1) is 5.56 Å². The van der Waals surface area contributed by atoms with Gasteiger partial charge >= 0.3 is 0 Å². The Balaban J connectivity index is 2.05. The van der Waals surface area contributed by atoms with Crippen LogP contribution in [0.25, 0.3) is 0 Å². The topological polar surface area (TPSA) is 29.1 Å². The predicted octanol–water partition coefficient (Wildman–Crippen LogP) is 4.27. The standard InChI is InChI=1S/C13H15Br2NO/c14-9-6-7-12(15)11(8-9)13(17)16-10-4-2-1-3-5-10/h6-8,10H,1-5H2,(H,16,17). The van der Waals surface area contributed by atoms with Crippen LogP contribution in [-0.4, -0.2) is 11.9 Å². The van der Waals surface area contributed by atoms with E-state index in [-0.39, 0.29) is 5.91 Å². The van der Waals surface area contributed by atoms with Crippen molar-refractivity contribution in [2.75, 3.05) is 0 Å². The van der Waals surface area contributed by atoms with Crippen molar-refractivity contribution in [1.82, 2.24) is 5.32 Å². The van der Waals surface area contributed by atoms with Gasteiger partial charge in [-0.2, -0.15) is 0 Å². The minimum atomic E-state index is 0.0186. The van der Waals surface area contributed by atoms with Gasteiger partial charge < -0.3 is 5.32 Å². The molecular formula is C13H15Br2NO. The summed E-state index contributed by atoms with van der Waals surface area (Å²) in [4.78, 5) is 12.1. The van der Waals surface area contributed by atoms with Crippen LogP contribution < -0.4 is 5.32 Å². The van der Waals surface area contributed by atoms with Crippen LogP contribution in [0.1, 0.15) is 42.5 Å². The molecule has 1 fully saturated rings. The van der Waals surface area contributed by atoms with Crippen molar-refractivity contribution >= 4 is 37.8 Å². The first-order valence-corrected chi connectivity index (χ1v) is 7.51. The highest BCUT2D eigenvalue weighted by Gasteiger charge is 2.18. The molecular weight excluding hydrogens is 346 g/mol. The summed E-state index contributed by atoms with van der Waals surface area (Å²) in [6.45, 7) is 0. The van der Waals surface area contributed by atoms with Gasteiger partial charge in [0.1, 0.15) is 0 Å². The lowest BCUT2D eigenvalue weighted by Gasteiger charge is -2.23. The van der Waals surface area contributed by atoms with Crippen molar-refractivity contribution in [3.8, 4) is 0 Å². The molecule has 0 atom stereocenters. The van der Waals surface area contributed by atoms with Gasteiger partial charge in [-0.1, -0.05) is 35.2 Å². The van der Waals surface area contributed by atoms with E-state index in [0.717, 1.165) is 21.8 Å². The minimum absolute atomic E-state index is 0.0186. The van der Waals surface area contributed by atoms with E-state index in [2.05, 4.69) is 37.2 Å².